The van der Waals surface area contributed by atoms with Crippen molar-refractivity contribution in [2.24, 2.45) is 0 Å². The molecule has 0 bridgehead atoms. The van der Waals surface area contributed by atoms with E-state index < -0.39 is 0 Å². The molecule has 4 aromatic heterocycles. The number of carbonyl (C=O) groups excluding carboxylic acids is 2. The predicted octanol–water partition coefficient (Wildman–Crippen LogP) is 10.5. The average Bonchev–Trinajstić information content (AvgIpc) is 4.02. The molecule has 2 amide bonds. The molecule has 8 rings (SSSR count). The third-order valence-corrected chi connectivity index (χ3v) is 10.5. The molecule has 336 valence electrons. The predicted molar refractivity (Wildman–Crippen MR) is 258 cm³/mol. The van der Waals surface area contributed by atoms with Crippen molar-refractivity contribution in [2.45, 2.75) is 68.9 Å². The van der Waals surface area contributed by atoms with Crippen LogP contribution in [0.5, 0.6) is 0 Å². The number of imidazole rings is 2. The largest absolute Gasteiger partial charge is 0.352 e. The van der Waals surface area contributed by atoms with E-state index in [9.17, 15) is 18.4 Å². The Kier molecular flexibility index (Phi) is 17.5. The molecule has 0 unspecified atom stereocenters. The monoisotopic (exact) mass is 934 g/mol. The summed E-state index contributed by atoms with van der Waals surface area (Å²) in [6, 6.07) is 22.5. The third-order valence-electron chi connectivity index (χ3n) is 9.22. The van der Waals surface area contributed by atoms with Gasteiger partial charge in [0.15, 0.2) is 5.15 Å². The lowest BCUT2D eigenvalue weighted by Crippen LogP contribution is -2.24. The maximum Gasteiger partial charge on any atom is 0.251 e. The number of benzene rings is 4. The lowest BCUT2D eigenvalue weighted by molar-refractivity contribution is 0.0945. The van der Waals surface area contributed by atoms with Crippen molar-refractivity contribution >= 4 is 69.9 Å². The van der Waals surface area contributed by atoms with Crippen LogP contribution in [0.25, 0.3) is 44.6 Å². The molecule has 4 aromatic carbocycles. The van der Waals surface area contributed by atoms with Crippen LogP contribution >= 0.6 is 36.0 Å². The Morgan fingerprint density at radius 1 is 0.646 bits per heavy atom. The van der Waals surface area contributed by atoms with Crippen LogP contribution in [0, 0.1) is 11.6 Å². The van der Waals surface area contributed by atoms with E-state index in [0.29, 0.717) is 73.7 Å². The van der Waals surface area contributed by atoms with Gasteiger partial charge in [0.05, 0.1) is 22.1 Å². The number of H-pyrrole nitrogens is 2. The van der Waals surface area contributed by atoms with E-state index in [2.05, 4.69) is 67.0 Å². The van der Waals surface area contributed by atoms with Crippen LogP contribution in [0.1, 0.15) is 72.9 Å². The van der Waals surface area contributed by atoms with Gasteiger partial charge in [-0.3, -0.25) is 9.59 Å². The van der Waals surface area contributed by atoms with Gasteiger partial charge < -0.3 is 20.6 Å². The van der Waals surface area contributed by atoms with Gasteiger partial charge in [-0.25, -0.2) is 38.7 Å². The van der Waals surface area contributed by atoms with Crippen LogP contribution in [0.2, 0.25) is 5.15 Å². The van der Waals surface area contributed by atoms with Crippen molar-refractivity contribution in [3.63, 3.8) is 0 Å². The zero-order valence-electron chi connectivity index (χ0n) is 36.3. The molecule has 0 atom stereocenters. The number of hydrogen-bond acceptors (Lipinski definition) is 10. The standard InChI is InChI=1S/C24H24FN5OS.C21H17ClFN5O.C3H8S/c1-15(2)32-24-22(16-5-8-18(25)9-6-16)29-20-14-17(7-10-19(20)30-24)23(31)28-11-3-4-21-26-12-13-27-21;22-20-19(13-3-6-15(23)7-4-13)27-17-12-14(5-8-16(17)28-20)21(29)26-9-1-2-18-24-10-11-25-18;1-3(2)4/h5-10,12-15H,3-4,11H2,1-2H3,(H,26,27)(H,28,31);3-8,10-12H,1-2,9H2,(H,24,25)(H,26,29);3-4H,1-2H3. The topological polar surface area (TPSA) is 167 Å². The first-order valence-corrected chi connectivity index (χ1v) is 22.8. The van der Waals surface area contributed by atoms with E-state index in [1.807, 2.05) is 19.9 Å². The average molecular weight is 936 g/mol. The highest BCUT2D eigenvalue weighted by Crippen LogP contribution is 2.33. The number of aromatic amines is 2. The van der Waals surface area contributed by atoms with Gasteiger partial charge in [0.2, 0.25) is 0 Å². The van der Waals surface area contributed by atoms with E-state index in [-0.39, 0.29) is 28.6 Å². The fourth-order valence-electron chi connectivity index (χ4n) is 6.24. The molecule has 8 aromatic rings. The summed E-state index contributed by atoms with van der Waals surface area (Å²) in [5, 5.41) is 7.68. The summed E-state index contributed by atoms with van der Waals surface area (Å²) in [4.78, 5) is 58.0. The SMILES string of the molecule is CC(C)S.CC(C)Sc1nc2ccc(C(=O)NCCCc3ncc[nH]3)cc2nc1-c1ccc(F)cc1.O=C(NCCCc1ncc[nH]1)c1ccc2nc(Cl)c(-c3ccc(F)cc3)nc2c1. The minimum Gasteiger partial charge on any atom is -0.352 e. The van der Waals surface area contributed by atoms with Gasteiger partial charge in [-0.15, -0.1) is 11.8 Å². The molecule has 0 radical (unpaired) electrons. The second kappa shape index (κ2) is 23.6. The summed E-state index contributed by atoms with van der Waals surface area (Å²) < 4.78 is 26.6. The van der Waals surface area contributed by atoms with Gasteiger partial charge in [-0.05, 0) is 103 Å². The Labute approximate surface area is 390 Å². The van der Waals surface area contributed by atoms with Crippen molar-refractivity contribution < 1.29 is 18.4 Å². The lowest BCUT2D eigenvalue weighted by Gasteiger charge is -2.12. The molecule has 0 aliphatic rings. The van der Waals surface area contributed by atoms with Crippen molar-refractivity contribution in [2.75, 3.05) is 13.1 Å². The number of aromatic nitrogens is 8. The summed E-state index contributed by atoms with van der Waals surface area (Å²) in [6.07, 6.45) is 10.1. The molecule has 0 aliphatic carbocycles. The van der Waals surface area contributed by atoms with Gasteiger partial charge in [-0.2, -0.15) is 12.6 Å². The first kappa shape index (κ1) is 48.2. The number of thiol groups is 1. The number of hydrogen-bond donors (Lipinski definition) is 5. The smallest absolute Gasteiger partial charge is 0.251 e. The summed E-state index contributed by atoms with van der Waals surface area (Å²) in [5.74, 6) is 0.814. The number of nitrogens with zero attached hydrogens (tertiary/aromatic N) is 6. The maximum atomic E-state index is 13.4. The second-order valence-electron chi connectivity index (χ2n) is 15.2. The van der Waals surface area contributed by atoms with Gasteiger partial charge in [0.25, 0.3) is 11.8 Å². The number of carbonyl (C=O) groups is 2. The Morgan fingerprint density at radius 2 is 1.09 bits per heavy atom. The van der Waals surface area contributed by atoms with Crippen molar-refractivity contribution in [3.05, 3.63) is 149 Å². The van der Waals surface area contributed by atoms with Crippen molar-refractivity contribution in [1.82, 2.24) is 50.5 Å². The molecule has 0 saturated heterocycles. The van der Waals surface area contributed by atoms with Gasteiger partial charge >= 0.3 is 0 Å². The molecule has 4 N–H and O–H groups in total. The van der Waals surface area contributed by atoms with E-state index in [0.717, 1.165) is 47.9 Å². The van der Waals surface area contributed by atoms with Gasteiger partial charge in [-0.1, -0.05) is 39.3 Å². The molecule has 0 saturated carbocycles. The van der Waals surface area contributed by atoms with Crippen molar-refractivity contribution in [3.8, 4) is 22.5 Å². The van der Waals surface area contributed by atoms with Crippen LogP contribution in [0.3, 0.4) is 0 Å². The minimum absolute atomic E-state index is 0.155. The molecule has 12 nitrogen and oxygen atoms in total. The Morgan fingerprint density at radius 3 is 1.54 bits per heavy atom. The highest BCUT2D eigenvalue weighted by atomic mass is 35.5. The van der Waals surface area contributed by atoms with E-state index in [1.165, 1.54) is 24.3 Å². The number of thioether (sulfide) groups is 1. The Bertz CT molecular complexity index is 2790. The second-order valence-corrected chi connectivity index (χ2v) is 18.2. The van der Waals surface area contributed by atoms with Crippen LogP contribution in [0.15, 0.2) is 115 Å². The van der Waals surface area contributed by atoms with E-state index in [4.69, 9.17) is 21.6 Å². The van der Waals surface area contributed by atoms with Crippen LogP contribution < -0.4 is 10.6 Å². The van der Waals surface area contributed by atoms with E-state index >= 15 is 0 Å². The van der Waals surface area contributed by atoms with Gasteiger partial charge in [0.1, 0.15) is 39.7 Å². The van der Waals surface area contributed by atoms with Crippen LogP contribution in [-0.4, -0.2) is 75.3 Å². The molecule has 65 heavy (non-hydrogen) atoms. The molecule has 0 aliphatic heterocycles. The Hall–Kier alpha value is -6.23. The third kappa shape index (κ3) is 14.4. The number of amides is 2. The maximum absolute atomic E-state index is 13.4. The number of rotatable bonds is 14. The first-order chi connectivity index (χ1) is 31.3. The number of nitrogens with one attached hydrogen (secondary N) is 4. The highest BCUT2D eigenvalue weighted by Gasteiger charge is 2.16. The zero-order chi connectivity index (χ0) is 46.3. The zero-order valence-corrected chi connectivity index (χ0v) is 38.7. The van der Waals surface area contributed by atoms with Crippen LogP contribution in [-0.2, 0) is 12.8 Å². The Balaban J connectivity index is 0.000000200. The summed E-state index contributed by atoms with van der Waals surface area (Å²) in [7, 11) is 0. The fourth-order valence-corrected chi connectivity index (χ4v) is 7.35. The number of fused-ring (bicyclic) bond motifs is 2. The molecule has 0 spiro atoms. The first-order valence-electron chi connectivity index (χ1n) is 21.0. The van der Waals surface area contributed by atoms with E-state index in [1.54, 1.807) is 91.1 Å². The quantitative estimate of drug-likeness (QED) is 0.0405. The number of halogens is 3. The molecule has 0 fully saturated rings. The molecular formula is C48H49ClF2N10O2S2. The molecule has 17 heteroatoms. The minimum atomic E-state index is -0.343. The molecule has 4 heterocycles. The van der Waals surface area contributed by atoms with Crippen LogP contribution in [0.4, 0.5) is 8.78 Å². The summed E-state index contributed by atoms with van der Waals surface area (Å²) >= 11 is 11.8. The summed E-state index contributed by atoms with van der Waals surface area (Å²) in [6.45, 7) is 9.32. The highest BCUT2D eigenvalue weighted by molar-refractivity contribution is 7.99. The summed E-state index contributed by atoms with van der Waals surface area (Å²) in [5.41, 5.74) is 6.04. The lowest BCUT2D eigenvalue weighted by atomic mass is 10.1. The normalized spacial score (nSPS) is 11.0. The number of aryl methyl sites for hydroxylation is 2. The van der Waals surface area contributed by atoms with Gasteiger partial charge in [0, 0.05) is 78.2 Å². The van der Waals surface area contributed by atoms with Crippen molar-refractivity contribution in [1.29, 1.82) is 0 Å². The molecular weight excluding hydrogens is 886 g/mol. The fraction of sp³-hybridized carbons (Fsp3) is 0.250.